The molecular formula is C20H21N3O2S. The molecule has 26 heavy (non-hydrogen) atoms. The Morgan fingerprint density at radius 3 is 2.85 bits per heavy atom. The molecule has 2 aromatic heterocycles. The Labute approximate surface area is 157 Å². The highest BCUT2D eigenvalue weighted by Crippen LogP contribution is 2.30. The number of hydrogen-bond acceptors (Lipinski definition) is 4. The van der Waals surface area contributed by atoms with Crippen molar-refractivity contribution < 1.29 is 9.53 Å². The third-order valence-electron chi connectivity index (χ3n) is 4.02. The Morgan fingerprint density at radius 2 is 2.12 bits per heavy atom. The van der Waals surface area contributed by atoms with Crippen LogP contribution in [0.4, 0.5) is 5.13 Å². The molecule has 0 spiro atoms. The molecule has 1 aromatic carbocycles. The molecule has 5 nitrogen and oxygen atoms in total. The van der Waals surface area contributed by atoms with Crippen LogP contribution in [0.15, 0.2) is 54.4 Å². The van der Waals surface area contributed by atoms with Crippen LogP contribution in [0.5, 0.6) is 5.75 Å². The van der Waals surface area contributed by atoms with Gasteiger partial charge in [0.2, 0.25) is 0 Å². The number of hydrogen-bond donors (Lipinski definition) is 1. The quantitative estimate of drug-likeness (QED) is 0.629. The van der Waals surface area contributed by atoms with Gasteiger partial charge in [0.1, 0.15) is 5.75 Å². The number of aryl methyl sites for hydroxylation is 1. The fraction of sp³-hybridized carbons (Fsp3) is 0.200. The molecule has 0 saturated carbocycles. The summed E-state index contributed by atoms with van der Waals surface area (Å²) in [6.45, 7) is 8.65. The van der Waals surface area contributed by atoms with Crippen molar-refractivity contribution in [2.24, 2.45) is 0 Å². The van der Waals surface area contributed by atoms with Gasteiger partial charge in [-0.1, -0.05) is 24.3 Å². The highest BCUT2D eigenvalue weighted by atomic mass is 32.1. The van der Waals surface area contributed by atoms with E-state index in [9.17, 15) is 4.79 Å². The lowest BCUT2D eigenvalue weighted by molar-refractivity contribution is -0.118. The molecule has 0 fully saturated rings. The van der Waals surface area contributed by atoms with Crippen molar-refractivity contribution in [2.75, 3.05) is 11.9 Å². The van der Waals surface area contributed by atoms with E-state index in [1.165, 1.54) is 11.3 Å². The molecule has 0 aliphatic heterocycles. The number of amides is 1. The average Bonchev–Trinajstić information content (AvgIpc) is 3.20. The number of rotatable bonds is 7. The molecule has 0 saturated heterocycles. The summed E-state index contributed by atoms with van der Waals surface area (Å²) in [6, 6.07) is 11.4. The van der Waals surface area contributed by atoms with E-state index in [0.29, 0.717) is 10.9 Å². The molecule has 0 aliphatic rings. The molecular weight excluding hydrogens is 346 g/mol. The SMILES string of the molecule is C=CCn1c(C)cc(-c2csc(NC(=O)COc3ccccc3)n2)c1C. The summed E-state index contributed by atoms with van der Waals surface area (Å²) in [5.41, 5.74) is 4.23. The molecule has 134 valence electrons. The van der Waals surface area contributed by atoms with Gasteiger partial charge in [-0.05, 0) is 32.0 Å². The van der Waals surface area contributed by atoms with E-state index in [2.05, 4.69) is 41.4 Å². The number of benzene rings is 1. The fourth-order valence-electron chi connectivity index (χ4n) is 2.75. The highest BCUT2D eigenvalue weighted by Gasteiger charge is 2.14. The minimum Gasteiger partial charge on any atom is -0.484 e. The Bertz CT molecular complexity index is 913. The lowest BCUT2D eigenvalue weighted by atomic mass is 10.2. The smallest absolute Gasteiger partial charge is 0.264 e. The number of anilines is 1. The van der Waals surface area contributed by atoms with Crippen LogP contribution in [0.2, 0.25) is 0 Å². The maximum Gasteiger partial charge on any atom is 0.264 e. The predicted octanol–water partition coefficient (Wildman–Crippen LogP) is 4.43. The van der Waals surface area contributed by atoms with E-state index in [-0.39, 0.29) is 12.5 Å². The van der Waals surface area contributed by atoms with Crippen molar-refractivity contribution in [2.45, 2.75) is 20.4 Å². The van der Waals surface area contributed by atoms with Gasteiger partial charge in [-0.15, -0.1) is 17.9 Å². The van der Waals surface area contributed by atoms with Gasteiger partial charge in [-0.3, -0.25) is 10.1 Å². The monoisotopic (exact) mass is 367 g/mol. The van der Waals surface area contributed by atoms with Crippen LogP contribution in [-0.2, 0) is 11.3 Å². The molecule has 3 aromatic rings. The Morgan fingerprint density at radius 1 is 1.35 bits per heavy atom. The van der Waals surface area contributed by atoms with Gasteiger partial charge < -0.3 is 9.30 Å². The van der Waals surface area contributed by atoms with E-state index in [1.54, 1.807) is 0 Å². The van der Waals surface area contributed by atoms with E-state index in [4.69, 9.17) is 4.74 Å². The molecule has 0 unspecified atom stereocenters. The number of allylic oxidation sites excluding steroid dienone is 1. The lowest BCUT2D eigenvalue weighted by Crippen LogP contribution is -2.20. The molecule has 0 radical (unpaired) electrons. The molecule has 1 amide bonds. The van der Waals surface area contributed by atoms with Crippen LogP contribution in [0.1, 0.15) is 11.4 Å². The van der Waals surface area contributed by atoms with Gasteiger partial charge in [-0.2, -0.15) is 0 Å². The first-order valence-electron chi connectivity index (χ1n) is 8.29. The summed E-state index contributed by atoms with van der Waals surface area (Å²) in [6.07, 6.45) is 1.88. The second-order valence-electron chi connectivity index (χ2n) is 5.87. The average molecular weight is 367 g/mol. The maximum absolute atomic E-state index is 12.1. The number of para-hydroxylation sites is 1. The molecule has 1 N–H and O–H groups in total. The van der Waals surface area contributed by atoms with Crippen LogP contribution in [0.25, 0.3) is 11.3 Å². The van der Waals surface area contributed by atoms with Crippen molar-refractivity contribution in [3.8, 4) is 17.0 Å². The van der Waals surface area contributed by atoms with E-state index in [1.807, 2.05) is 41.8 Å². The first-order valence-corrected chi connectivity index (χ1v) is 9.17. The minimum atomic E-state index is -0.230. The van der Waals surface area contributed by atoms with Gasteiger partial charge >= 0.3 is 0 Å². The van der Waals surface area contributed by atoms with Gasteiger partial charge in [-0.25, -0.2) is 4.98 Å². The number of thiazole rings is 1. The molecule has 2 heterocycles. The van der Waals surface area contributed by atoms with Crippen LogP contribution in [0.3, 0.4) is 0 Å². The largest absolute Gasteiger partial charge is 0.484 e. The van der Waals surface area contributed by atoms with E-state index >= 15 is 0 Å². The number of carbonyl (C=O) groups excluding carboxylic acids is 1. The fourth-order valence-corrected chi connectivity index (χ4v) is 3.47. The van der Waals surface area contributed by atoms with E-state index < -0.39 is 0 Å². The first-order chi connectivity index (χ1) is 12.6. The Kier molecular flexibility index (Phi) is 5.53. The van der Waals surface area contributed by atoms with Crippen molar-refractivity contribution in [3.05, 3.63) is 65.8 Å². The molecule has 0 atom stereocenters. The minimum absolute atomic E-state index is 0.0488. The summed E-state index contributed by atoms with van der Waals surface area (Å²) < 4.78 is 7.64. The summed E-state index contributed by atoms with van der Waals surface area (Å²) in [4.78, 5) is 16.6. The maximum atomic E-state index is 12.1. The summed E-state index contributed by atoms with van der Waals surface area (Å²) in [5, 5.41) is 5.31. The van der Waals surface area contributed by atoms with Gasteiger partial charge in [0.25, 0.3) is 5.91 Å². The molecule has 0 aliphatic carbocycles. The van der Waals surface area contributed by atoms with Crippen molar-refractivity contribution >= 4 is 22.4 Å². The van der Waals surface area contributed by atoms with Crippen LogP contribution >= 0.6 is 11.3 Å². The van der Waals surface area contributed by atoms with Gasteiger partial charge in [0.05, 0.1) is 5.69 Å². The van der Waals surface area contributed by atoms with Gasteiger partial charge in [0, 0.05) is 28.9 Å². The van der Waals surface area contributed by atoms with Crippen LogP contribution in [0, 0.1) is 13.8 Å². The summed E-state index contributed by atoms with van der Waals surface area (Å²) in [5.74, 6) is 0.434. The number of nitrogens with zero attached hydrogens (tertiary/aromatic N) is 2. The number of ether oxygens (including phenoxy) is 1. The number of carbonyl (C=O) groups is 1. The first kappa shape index (κ1) is 17.9. The second kappa shape index (κ2) is 8.01. The van der Waals surface area contributed by atoms with Crippen LogP contribution < -0.4 is 10.1 Å². The second-order valence-corrected chi connectivity index (χ2v) is 6.73. The number of nitrogens with one attached hydrogen (secondary N) is 1. The van der Waals surface area contributed by atoms with Gasteiger partial charge in [0.15, 0.2) is 11.7 Å². The van der Waals surface area contributed by atoms with Crippen molar-refractivity contribution in [1.29, 1.82) is 0 Å². The summed E-state index contributed by atoms with van der Waals surface area (Å²) in [7, 11) is 0. The molecule has 6 heteroatoms. The Hall–Kier alpha value is -2.86. The van der Waals surface area contributed by atoms with Crippen LogP contribution in [-0.4, -0.2) is 22.1 Å². The van der Waals surface area contributed by atoms with Crippen molar-refractivity contribution in [1.82, 2.24) is 9.55 Å². The zero-order valence-corrected chi connectivity index (χ0v) is 15.7. The Balaban J connectivity index is 1.65. The number of aromatic nitrogens is 2. The predicted molar refractivity (Wildman–Crippen MR) is 106 cm³/mol. The highest BCUT2D eigenvalue weighted by molar-refractivity contribution is 7.14. The molecule has 3 rings (SSSR count). The zero-order valence-electron chi connectivity index (χ0n) is 14.9. The lowest BCUT2D eigenvalue weighted by Gasteiger charge is -2.06. The normalized spacial score (nSPS) is 10.5. The third kappa shape index (κ3) is 4.03. The topological polar surface area (TPSA) is 56.2 Å². The standard InChI is InChI=1S/C20H21N3O2S/c1-4-10-23-14(2)11-17(15(23)3)18-13-26-20(21-18)22-19(24)12-25-16-8-6-5-7-9-16/h4-9,11,13H,1,10,12H2,2-3H3,(H,21,22,24). The van der Waals surface area contributed by atoms with E-state index in [0.717, 1.165) is 29.2 Å². The molecule has 0 bridgehead atoms. The zero-order chi connectivity index (χ0) is 18.5. The third-order valence-corrected chi connectivity index (χ3v) is 4.78. The summed E-state index contributed by atoms with van der Waals surface area (Å²) >= 11 is 1.40. The van der Waals surface area contributed by atoms with Crippen molar-refractivity contribution in [3.63, 3.8) is 0 Å².